The topological polar surface area (TPSA) is 58.4 Å². The standard InChI is InChI=1S/C22H25N3O2/c1-16-7-9-18(10-8-16)20-14-23-22(27-20)12-11-21(26)24-19-6-4-5-17(13-19)15-25(2)3/h4-10,13-14H,11-12,15H2,1-3H3,(H,24,26). The van der Waals surface area contributed by atoms with Gasteiger partial charge in [0.25, 0.3) is 0 Å². The number of anilines is 1. The maximum atomic E-state index is 12.2. The monoisotopic (exact) mass is 363 g/mol. The van der Waals surface area contributed by atoms with Crippen molar-refractivity contribution in [2.75, 3.05) is 19.4 Å². The van der Waals surface area contributed by atoms with E-state index in [2.05, 4.69) is 21.3 Å². The summed E-state index contributed by atoms with van der Waals surface area (Å²) in [5.74, 6) is 1.25. The fourth-order valence-electron chi connectivity index (χ4n) is 2.83. The Kier molecular flexibility index (Phi) is 6.04. The van der Waals surface area contributed by atoms with Crippen LogP contribution in [0.4, 0.5) is 5.69 Å². The first kappa shape index (κ1) is 18.9. The zero-order chi connectivity index (χ0) is 19.2. The van der Waals surface area contributed by atoms with Crippen LogP contribution in [0.15, 0.2) is 59.1 Å². The zero-order valence-electron chi connectivity index (χ0n) is 16.0. The predicted molar refractivity (Wildman–Crippen MR) is 107 cm³/mol. The van der Waals surface area contributed by atoms with Gasteiger partial charge in [0.1, 0.15) is 0 Å². The van der Waals surface area contributed by atoms with E-state index >= 15 is 0 Å². The zero-order valence-corrected chi connectivity index (χ0v) is 16.0. The SMILES string of the molecule is Cc1ccc(-c2cnc(CCC(=O)Nc3cccc(CN(C)C)c3)o2)cc1. The normalized spacial score (nSPS) is 11.0. The number of rotatable bonds is 7. The van der Waals surface area contributed by atoms with Crippen molar-refractivity contribution in [3.63, 3.8) is 0 Å². The van der Waals surface area contributed by atoms with Crippen molar-refractivity contribution in [1.29, 1.82) is 0 Å². The first-order chi connectivity index (χ1) is 13.0. The van der Waals surface area contributed by atoms with Gasteiger partial charge in [-0.1, -0.05) is 42.0 Å². The van der Waals surface area contributed by atoms with Gasteiger partial charge in [-0.3, -0.25) is 4.79 Å². The molecule has 1 amide bonds. The molecule has 0 spiro atoms. The average Bonchev–Trinajstić information content (AvgIpc) is 3.09. The van der Waals surface area contributed by atoms with Crippen molar-refractivity contribution in [1.82, 2.24) is 9.88 Å². The minimum absolute atomic E-state index is 0.0490. The Balaban J connectivity index is 1.54. The smallest absolute Gasteiger partial charge is 0.224 e. The molecule has 3 rings (SSSR count). The Morgan fingerprint density at radius 1 is 1.15 bits per heavy atom. The second-order valence-electron chi connectivity index (χ2n) is 6.97. The number of carbonyl (C=O) groups is 1. The molecule has 27 heavy (non-hydrogen) atoms. The molecule has 0 aliphatic rings. The van der Waals surface area contributed by atoms with Crippen molar-refractivity contribution >= 4 is 11.6 Å². The lowest BCUT2D eigenvalue weighted by Gasteiger charge is -2.11. The molecule has 0 aliphatic carbocycles. The number of carbonyl (C=O) groups excluding carboxylic acids is 1. The van der Waals surface area contributed by atoms with E-state index in [0.29, 0.717) is 18.7 Å². The summed E-state index contributed by atoms with van der Waals surface area (Å²) in [5, 5.41) is 2.94. The number of aromatic nitrogens is 1. The third-order valence-electron chi connectivity index (χ3n) is 4.17. The summed E-state index contributed by atoms with van der Waals surface area (Å²) < 4.78 is 5.78. The van der Waals surface area contributed by atoms with Crippen molar-refractivity contribution in [3.8, 4) is 11.3 Å². The number of hydrogen-bond acceptors (Lipinski definition) is 4. The van der Waals surface area contributed by atoms with Gasteiger partial charge in [-0.15, -0.1) is 0 Å². The number of hydrogen-bond donors (Lipinski definition) is 1. The predicted octanol–water partition coefficient (Wildman–Crippen LogP) is 4.28. The summed E-state index contributed by atoms with van der Waals surface area (Å²) in [4.78, 5) is 18.6. The lowest BCUT2D eigenvalue weighted by Crippen LogP contribution is -2.14. The molecule has 0 atom stereocenters. The van der Waals surface area contributed by atoms with Crippen molar-refractivity contribution in [2.24, 2.45) is 0 Å². The highest BCUT2D eigenvalue weighted by Crippen LogP contribution is 2.21. The van der Waals surface area contributed by atoms with Crippen LogP contribution in [0.2, 0.25) is 0 Å². The van der Waals surface area contributed by atoms with Crippen molar-refractivity contribution < 1.29 is 9.21 Å². The molecule has 0 radical (unpaired) electrons. The van der Waals surface area contributed by atoms with Crippen LogP contribution in [-0.2, 0) is 17.8 Å². The second-order valence-corrected chi connectivity index (χ2v) is 6.97. The van der Waals surface area contributed by atoms with Gasteiger partial charge in [0.2, 0.25) is 5.91 Å². The van der Waals surface area contributed by atoms with Gasteiger partial charge in [0, 0.05) is 30.6 Å². The van der Waals surface area contributed by atoms with Gasteiger partial charge >= 0.3 is 0 Å². The molecular formula is C22H25N3O2. The summed E-state index contributed by atoms with van der Waals surface area (Å²) in [7, 11) is 4.04. The molecule has 0 saturated carbocycles. The van der Waals surface area contributed by atoms with Gasteiger partial charge in [0.15, 0.2) is 11.7 Å². The number of nitrogens with zero attached hydrogens (tertiary/aromatic N) is 2. The van der Waals surface area contributed by atoms with E-state index in [1.165, 1.54) is 5.56 Å². The van der Waals surface area contributed by atoms with Crippen LogP contribution in [0.5, 0.6) is 0 Å². The Hall–Kier alpha value is -2.92. The number of benzene rings is 2. The number of oxazole rings is 1. The van der Waals surface area contributed by atoms with E-state index in [1.807, 2.05) is 63.5 Å². The molecule has 5 heteroatoms. The van der Waals surface area contributed by atoms with E-state index in [-0.39, 0.29) is 5.91 Å². The summed E-state index contributed by atoms with van der Waals surface area (Å²) in [6.45, 7) is 2.88. The van der Waals surface area contributed by atoms with Gasteiger partial charge < -0.3 is 14.6 Å². The van der Waals surface area contributed by atoms with Crippen LogP contribution < -0.4 is 5.32 Å². The molecule has 1 heterocycles. The Morgan fingerprint density at radius 3 is 2.67 bits per heavy atom. The molecule has 2 aromatic carbocycles. The van der Waals surface area contributed by atoms with E-state index in [9.17, 15) is 4.79 Å². The number of aryl methyl sites for hydroxylation is 2. The fraction of sp³-hybridized carbons (Fsp3) is 0.273. The third kappa shape index (κ3) is 5.53. The van der Waals surface area contributed by atoms with Crippen LogP contribution in [0.3, 0.4) is 0 Å². The minimum atomic E-state index is -0.0490. The fourth-order valence-corrected chi connectivity index (χ4v) is 2.83. The number of nitrogens with one attached hydrogen (secondary N) is 1. The van der Waals surface area contributed by atoms with Crippen LogP contribution >= 0.6 is 0 Å². The highest BCUT2D eigenvalue weighted by Gasteiger charge is 2.09. The molecule has 3 aromatic rings. The molecule has 0 fully saturated rings. The summed E-state index contributed by atoms with van der Waals surface area (Å²) in [6, 6.07) is 16.0. The summed E-state index contributed by atoms with van der Waals surface area (Å²) in [5.41, 5.74) is 4.16. The molecule has 140 valence electrons. The van der Waals surface area contributed by atoms with Crippen LogP contribution in [0, 0.1) is 6.92 Å². The molecule has 0 unspecified atom stereocenters. The first-order valence-corrected chi connectivity index (χ1v) is 9.05. The van der Waals surface area contributed by atoms with Gasteiger partial charge in [-0.2, -0.15) is 0 Å². The molecule has 1 N–H and O–H groups in total. The molecule has 0 saturated heterocycles. The van der Waals surface area contributed by atoms with E-state index in [4.69, 9.17) is 4.42 Å². The third-order valence-corrected chi connectivity index (χ3v) is 4.17. The lowest BCUT2D eigenvalue weighted by atomic mass is 10.1. The highest BCUT2D eigenvalue weighted by molar-refractivity contribution is 5.90. The van der Waals surface area contributed by atoms with Crippen molar-refractivity contribution in [3.05, 3.63) is 71.7 Å². The Bertz CT molecular complexity index is 898. The summed E-state index contributed by atoms with van der Waals surface area (Å²) >= 11 is 0. The maximum Gasteiger partial charge on any atom is 0.224 e. The average molecular weight is 363 g/mol. The van der Waals surface area contributed by atoms with Crippen LogP contribution in [0.1, 0.15) is 23.4 Å². The molecule has 0 aliphatic heterocycles. The van der Waals surface area contributed by atoms with Gasteiger partial charge in [0.05, 0.1) is 6.20 Å². The van der Waals surface area contributed by atoms with E-state index in [1.54, 1.807) is 6.20 Å². The van der Waals surface area contributed by atoms with Crippen molar-refractivity contribution in [2.45, 2.75) is 26.3 Å². The summed E-state index contributed by atoms with van der Waals surface area (Å²) in [6.07, 6.45) is 2.50. The number of amides is 1. The molecule has 1 aromatic heterocycles. The largest absolute Gasteiger partial charge is 0.441 e. The molecule has 5 nitrogen and oxygen atoms in total. The van der Waals surface area contributed by atoms with E-state index < -0.39 is 0 Å². The first-order valence-electron chi connectivity index (χ1n) is 9.05. The maximum absolute atomic E-state index is 12.2. The molecule has 0 bridgehead atoms. The quantitative estimate of drug-likeness (QED) is 0.680. The van der Waals surface area contributed by atoms with Gasteiger partial charge in [-0.25, -0.2) is 4.98 Å². The second kappa shape index (κ2) is 8.64. The van der Waals surface area contributed by atoms with E-state index in [0.717, 1.165) is 29.1 Å². The van der Waals surface area contributed by atoms with Crippen LogP contribution in [0.25, 0.3) is 11.3 Å². The Labute approximate surface area is 160 Å². The Morgan fingerprint density at radius 2 is 1.93 bits per heavy atom. The van der Waals surface area contributed by atoms with Crippen LogP contribution in [-0.4, -0.2) is 29.9 Å². The molecular weight excluding hydrogens is 338 g/mol. The highest BCUT2D eigenvalue weighted by atomic mass is 16.4. The van der Waals surface area contributed by atoms with Gasteiger partial charge in [-0.05, 0) is 38.7 Å². The lowest BCUT2D eigenvalue weighted by molar-refractivity contribution is -0.116. The minimum Gasteiger partial charge on any atom is -0.441 e.